The third-order valence-corrected chi connectivity index (χ3v) is 6.88. The van der Waals surface area contributed by atoms with Crippen LogP contribution in [0.2, 0.25) is 0 Å². The number of aliphatic hydroxyl groups excluding tert-OH is 1. The van der Waals surface area contributed by atoms with E-state index in [1.165, 1.54) is 49.5 Å². The molecule has 2 aromatic carbocycles. The van der Waals surface area contributed by atoms with Crippen LogP contribution in [0.4, 0.5) is 11.4 Å². The van der Waals surface area contributed by atoms with Gasteiger partial charge >= 0.3 is 13.5 Å². The number of benzene rings is 2. The van der Waals surface area contributed by atoms with E-state index >= 15 is 0 Å². The molecule has 0 aliphatic carbocycles. The predicted octanol–water partition coefficient (Wildman–Crippen LogP) is 2.59. The fourth-order valence-corrected chi connectivity index (χ4v) is 4.85. The van der Waals surface area contributed by atoms with Crippen LogP contribution in [0.1, 0.15) is 18.2 Å². The number of nitrogens with zero attached hydrogens (tertiary/aromatic N) is 3. The first-order valence-corrected chi connectivity index (χ1v) is 12.7. The lowest BCUT2D eigenvalue weighted by atomic mass is 10.2. The van der Waals surface area contributed by atoms with E-state index in [0.717, 1.165) is 16.7 Å². The first-order chi connectivity index (χ1) is 18.4. The van der Waals surface area contributed by atoms with Crippen molar-refractivity contribution in [1.29, 1.82) is 0 Å². The summed E-state index contributed by atoms with van der Waals surface area (Å²) >= 11 is 0. The van der Waals surface area contributed by atoms with E-state index < -0.39 is 54.0 Å². The van der Waals surface area contributed by atoms with Gasteiger partial charge in [0.05, 0.1) is 34.7 Å². The number of H-pyrrole nitrogens is 1. The maximum absolute atomic E-state index is 13.6. The highest BCUT2D eigenvalue weighted by molar-refractivity contribution is 7.49. The molecule has 17 heteroatoms. The van der Waals surface area contributed by atoms with Gasteiger partial charge in [0.15, 0.2) is 0 Å². The second-order valence-corrected chi connectivity index (χ2v) is 9.86. The number of non-ortho nitro benzene ring substituents is 2. The standard InChI is InChI=1S/C22H21N4O12P/c1-13-11-24(22(29)23-21(13)28)20-10-18(27)19(36-20)12-35-39(34,37-16-6-2-4-14(8-16)25(30)31)38-17-7-3-5-15(9-17)26(32)33/h2-9,11,18-20,27H,10,12H2,1H3,(H,23,28,29). The van der Waals surface area contributed by atoms with Crippen LogP contribution in [0.3, 0.4) is 0 Å². The number of phosphoric acid groups is 1. The summed E-state index contributed by atoms with van der Waals surface area (Å²) in [5.41, 5.74) is -1.88. The van der Waals surface area contributed by atoms with Gasteiger partial charge in [-0.1, -0.05) is 12.1 Å². The number of aliphatic hydroxyl groups is 1. The number of aromatic amines is 1. The SMILES string of the molecule is Cc1cn(C2CC(O)C(COP(=O)(Oc3cccc([N+](=O)[O-])c3)Oc3cccc([N+](=O)[O-])c3)O2)c(=O)[nH]c1=O. The molecule has 0 amide bonds. The van der Waals surface area contributed by atoms with E-state index in [1.54, 1.807) is 0 Å². The number of hydrogen-bond donors (Lipinski definition) is 2. The Morgan fingerprint density at radius 2 is 1.64 bits per heavy atom. The van der Waals surface area contributed by atoms with E-state index in [9.17, 15) is 39.5 Å². The zero-order valence-electron chi connectivity index (χ0n) is 20.1. The van der Waals surface area contributed by atoms with Crippen molar-refractivity contribution in [3.05, 3.63) is 101 Å². The van der Waals surface area contributed by atoms with Crippen molar-refractivity contribution in [2.75, 3.05) is 6.61 Å². The summed E-state index contributed by atoms with van der Waals surface area (Å²) in [7, 11) is -4.71. The van der Waals surface area contributed by atoms with E-state index in [2.05, 4.69) is 4.98 Å². The quantitative estimate of drug-likeness (QED) is 0.206. The zero-order valence-corrected chi connectivity index (χ0v) is 21.0. The molecule has 0 spiro atoms. The Bertz CT molecular complexity index is 1510. The molecule has 1 aromatic heterocycles. The van der Waals surface area contributed by atoms with Gasteiger partial charge in [0.1, 0.15) is 23.8 Å². The van der Waals surface area contributed by atoms with Crippen LogP contribution >= 0.6 is 7.82 Å². The van der Waals surface area contributed by atoms with Crippen LogP contribution in [0, 0.1) is 27.2 Å². The molecule has 0 saturated carbocycles. The van der Waals surface area contributed by atoms with E-state index in [4.69, 9.17) is 18.3 Å². The molecule has 1 aliphatic heterocycles. The Labute approximate surface area is 218 Å². The van der Waals surface area contributed by atoms with E-state index in [-0.39, 0.29) is 34.9 Å². The van der Waals surface area contributed by atoms with E-state index in [1.807, 2.05) is 0 Å². The average molecular weight is 564 g/mol. The van der Waals surface area contributed by atoms with Gasteiger partial charge in [-0.3, -0.25) is 39.1 Å². The Kier molecular flexibility index (Phi) is 7.92. The summed E-state index contributed by atoms with van der Waals surface area (Å²) in [5, 5.41) is 32.7. The summed E-state index contributed by atoms with van der Waals surface area (Å²) in [6.07, 6.45) is -2.17. The molecule has 3 unspecified atom stereocenters. The van der Waals surface area contributed by atoms with Gasteiger partial charge < -0.3 is 18.9 Å². The summed E-state index contributed by atoms with van der Waals surface area (Å²) in [5.74, 6) is -0.530. The molecule has 2 heterocycles. The molecule has 2 N–H and O–H groups in total. The maximum atomic E-state index is 13.6. The normalized spacial score (nSPS) is 19.0. The number of nitro benzene ring substituents is 2. The van der Waals surface area contributed by atoms with Gasteiger partial charge in [0, 0.05) is 30.3 Å². The summed E-state index contributed by atoms with van der Waals surface area (Å²) in [4.78, 5) is 46.8. The number of ether oxygens (including phenoxy) is 1. The molecule has 1 fully saturated rings. The van der Waals surface area contributed by atoms with Crippen LogP contribution in [0.25, 0.3) is 0 Å². The molecule has 206 valence electrons. The number of nitrogens with one attached hydrogen (secondary N) is 1. The number of aryl methyl sites for hydroxylation is 1. The van der Waals surface area contributed by atoms with Gasteiger partial charge in [-0.25, -0.2) is 9.36 Å². The molecule has 1 saturated heterocycles. The lowest BCUT2D eigenvalue weighted by Gasteiger charge is -2.21. The lowest BCUT2D eigenvalue weighted by Crippen LogP contribution is -2.33. The second kappa shape index (κ2) is 11.2. The van der Waals surface area contributed by atoms with Gasteiger partial charge in [-0.05, 0) is 19.1 Å². The third-order valence-electron chi connectivity index (χ3n) is 5.55. The summed E-state index contributed by atoms with van der Waals surface area (Å²) < 4.78 is 36.5. The molecule has 3 aromatic rings. The number of aromatic nitrogens is 2. The molecule has 0 bridgehead atoms. The first-order valence-electron chi connectivity index (χ1n) is 11.2. The highest BCUT2D eigenvalue weighted by Crippen LogP contribution is 2.51. The minimum absolute atomic E-state index is 0.0821. The van der Waals surface area contributed by atoms with E-state index in [0.29, 0.717) is 0 Å². The fraction of sp³-hybridized carbons (Fsp3) is 0.273. The largest absolute Gasteiger partial charge is 0.587 e. The Morgan fingerprint density at radius 3 is 2.18 bits per heavy atom. The number of phosphoric ester groups is 1. The Hall–Kier alpha value is -4.37. The number of rotatable bonds is 10. The van der Waals surface area contributed by atoms with Crippen LogP contribution < -0.4 is 20.3 Å². The van der Waals surface area contributed by atoms with Crippen molar-refractivity contribution in [1.82, 2.24) is 9.55 Å². The van der Waals surface area contributed by atoms with Crippen LogP contribution in [0.5, 0.6) is 11.5 Å². The van der Waals surface area contributed by atoms with Crippen molar-refractivity contribution < 1.29 is 37.8 Å². The van der Waals surface area contributed by atoms with Crippen molar-refractivity contribution in [2.24, 2.45) is 0 Å². The fourth-order valence-electron chi connectivity index (χ4n) is 3.64. The van der Waals surface area contributed by atoms with Crippen molar-refractivity contribution in [2.45, 2.75) is 31.8 Å². The lowest BCUT2D eigenvalue weighted by molar-refractivity contribution is -0.385. The molecular formula is C22H21N4O12P. The average Bonchev–Trinajstić information content (AvgIpc) is 3.25. The van der Waals surface area contributed by atoms with Gasteiger partial charge in [-0.15, -0.1) is 0 Å². The smallest absolute Gasteiger partial charge is 0.395 e. The molecule has 0 radical (unpaired) electrons. The van der Waals surface area contributed by atoms with Crippen LogP contribution in [-0.4, -0.2) is 43.3 Å². The molecule has 16 nitrogen and oxygen atoms in total. The minimum atomic E-state index is -4.71. The van der Waals surface area contributed by atoms with Crippen LogP contribution in [0.15, 0.2) is 64.3 Å². The minimum Gasteiger partial charge on any atom is -0.395 e. The first kappa shape index (κ1) is 27.7. The van der Waals surface area contributed by atoms with Crippen molar-refractivity contribution in [3.8, 4) is 11.5 Å². The van der Waals surface area contributed by atoms with Gasteiger partial charge in [-0.2, -0.15) is 0 Å². The second-order valence-electron chi connectivity index (χ2n) is 8.35. The van der Waals surface area contributed by atoms with Gasteiger partial charge in [0.2, 0.25) is 0 Å². The monoisotopic (exact) mass is 564 g/mol. The van der Waals surface area contributed by atoms with Crippen LogP contribution in [-0.2, 0) is 13.8 Å². The maximum Gasteiger partial charge on any atom is 0.587 e. The Morgan fingerprint density at radius 1 is 1.08 bits per heavy atom. The Balaban J connectivity index is 1.56. The third kappa shape index (κ3) is 6.56. The van der Waals surface area contributed by atoms with Gasteiger partial charge in [0.25, 0.3) is 16.9 Å². The molecule has 1 aliphatic rings. The molecule has 39 heavy (non-hydrogen) atoms. The zero-order chi connectivity index (χ0) is 28.3. The number of nitro groups is 2. The predicted molar refractivity (Wildman–Crippen MR) is 132 cm³/mol. The van der Waals surface area contributed by atoms with Crippen molar-refractivity contribution in [3.63, 3.8) is 0 Å². The topological polar surface area (TPSA) is 215 Å². The molecular weight excluding hydrogens is 543 g/mol. The summed E-state index contributed by atoms with van der Waals surface area (Å²) in [6, 6.07) is 9.31. The molecule has 3 atom stereocenters. The number of hydrogen-bond acceptors (Lipinski definition) is 12. The highest BCUT2D eigenvalue weighted by atomic mass is 31.2. The summed E-state index contributed by atoms with van der Waals surface area (Å²) in [6.45, 7) is 0.878. The molecule has 4 rings (SSSR count). The highest BCUT2D eigenvalue weighted by Gasteiger charge is 2.40. The van der Waals surface area contributed by atoms with Crippen molar-refractivity contribution >= 4 is 19.2 Å².